The van der Waals surface area contributed by atoms with E-state index in [1.807, 2.05) is 18.3 Å². The van der Waals surface area contributed by atoms with Gasteiger partial charge in [0.1, 0.15) is 5.82 Å². The van der Waals surface area contributed by atoms with Crippen LogP contribution in [0.4, 0.5) is 5.82 Å². The second-order valence-electron chi connectivity index (χ2n) is 3.52. The Morgan fingerprint density at radius 1 is 1.57 bits per heavy atom. The highest BCUT2D eigenvalue weighted by Crippen LogP contribution is 2.33. The van der Waals surface area contributed by atoms with E-state index in [1.165, 1.54) is 12.8 Å². The van der Waals surface area contributed by atoms with E-state index < -0.39 is 0 Å². The van der Waals surface area contributed by atoms with Gasteiger partial charge in [-0.3, -0.25) is 0 Å². The average molecular weight is 256 g/mol. The minimum Gasteiger partial charge on any atom is -0.351 e. The fraction of sp³-hybridized carbons (Fsp3) is 0.500. The summed E-state index contributed by atoms with van der Waals surface area (Å²) in [5.74, 6) is 1.03. The van der Waals surface area contributed by atoms with Crippen molar-refractivity contribution in [3.63, 3.8) is 0 Å². The molecule has 0 unspecified atom stereocenters. The molecule has 0 aromatic carbocycles. The molecular weight excluding hydrogens is 242 g/mol. The molecule has 0 saturated heterocycles. The number of rotatable bonds is 4. The van der Waals surface area contributed by atoms with Crippen LogP contribution in [0, 0.1) is 0 Å². The first-order valence-electron chi connectivity index (χ1n) is 4.90. The molecule has 0 bridgehead atoms. The third kappa shape index (κ3) is 2.07. The zero-order valence-corrected chi connectivity index (χ0v) is 9.57. The third-order valence-corrected chi connectivity index (χ3v) is 2.99. The van der Waals surface area contributed by atoms with Gasteiger partial charge in [-0.25, -0.2) is 4.98 Å². The third-order valence-electron chi connectivity index (χ3n) is 2.37. The van der Waals surface area contributed by atoms with E-state index in [2.05, 4.69) is 25.8 Å². The number of aromatic nitrogens is 1. The van der Waals surface area contributed by atoms with Crippen molar-refractivity contribution >= 4 is 21.7 Å². The Labute approximate surface area is 92.4 Å². The summed E-state index contributed by atoms with van der Waals surface area (Å²) in [7, 11) is 0. The van der Waals surface area contributed by atoms with Crippen LogP contribution in [0.25, 0.3) is 0 Å². The predicted octanol–water partition coefficient (Wildman–Crippen LogP) is 1.77. The Morgan fingerprint density at radius 2 is 2.36 bits per heavy atom. The Morgan fingerprint density at radius 3 is 2.93 bits per heavy atom. The van der Waals surface area contributed by atoms with Gasteiger partial charge in [-0.05, 0) is 40.9 Å². The summed E-state index contributed by atoms with van der Waals surface area (Å²) in [6, 6.07) is 4.61. The van der Waals surface area contributed by atoms with Crippen molar-refractivity contribution in [3.8, 4) is 0 Å². The van der Waals surface area contributed by atoms with Crippen molar-refractivity contribution in [2.75, 3.05) is 18.0 Å². The van der Waals surface area contributed by atoms with Gasteiger partial charge in [0.15, 0.2) is 0 Å². The van der Waals surface area contributed by atoms with E-state index in [9.17, 15) is 0 Å². The molecule has 1 aromatic rings. The maximum absolute atomic E-state index is 5.60. The van der Waals surface area contributed by atoms with Gasteiger partial charge in [0.05, 0.1) is 4.47 Å². The molecule has 1 fully saturated rings. The summed E-state index contributed by atoms with van der Waals surface area (Å²) in [5, 5.41) is 0. The molecule has 1 heterocycles. The maximum Gasteiger partial charge on any atom is 0.143 e. The Hall–Kier alpha value is -0.610. The normalized spacial score (nSPS) is 15.6. The number of hydrogen-bond donors (Lipinski definition) is 1. The van der Waals surface area contributed by atoms with Crippen LogP contribution in [0.3, 0.4) is 0 Å². The minimum atomic E-state index is 0.657. The van der Waals surface area contributed by atoms with Crippen LogP contribution in [-0.2, 0) is 0 Å². The first kappa shape index (κ1) is 9.93. The zero-order valence-electron chi connectivity index (χ0n) is 7.99. The maximum atomic E-state index is 5.60. The first-order chi connectivity index (χ1) is 6.83. The SMILES string of the molecule is NCCN(c1ncccc1Br)C1CC1. The Bertz CT molecular complexity index is 312. The summed E-state index contributed by atoms with van der Waals surface area (Å²) in [6.45, 7) is 1.57. The van der Waals surface area contributed by atoms with Crippen LogP contribution >= 0.6 is 15.9 Å². The molecule has 1 aliphatic carbocycles. The number of hydrogen-bond acceptors (Lipinski definition) is 3. The van der Waals surface area contributed by atoms with E-state index in [0.717, 1.165) is 16.8 Å². The number of anilines is 1. The lowest BCUT2D eigenvalue weighted by Crippen LogP contribution is -2.32. The quantitative estimate of drug-likeness (QED) is 0.892. The average Bonchev–Trinajstić information content (AvgIpc) is 2.99. The van der Waals surface area contributed by atoms with E-state index >= 15 is 0 Å². The second kappa shape index (κ2) is 4.28. The molecule has 0 spiro atoms. The van der Waals surface area contributed by atoms with Crippen LogP contribution in [0.5, 0.6) is 0 Å². The molecule has 0 aliphatic heterocycles. The van der Waals surface area contributed by atoms with Crippen LogP contribution in [-0.4, -0.2) is 24.1 Å². The lowest BCUT2D eigenvalue weighted by atomic mass is 10.4. The van der Waals surface area contributed by atoms with Crippen molar-refractivity contribution in [1.82, 2.24) is 4.98 Å². The monoisotopic (exact) mass is 255 g/mol. The van der Waals surface area contributed by atoms with E-state index in [0.29, 0.717) is 12.6 Å². The van der Waals surface area contributed by atoms with Crippen LogP contribution in [0.15, 0.2) is 22.8 Å². The van der Waals surface area contributed by atoms with Crippen molar-refractivity contribution < 1.29 is 0 Å². The fourth-order valence-electron chi connectivity index (χ4n) is 1.58. The minimum absolute atomic E-state index is 0.657. The van der Waals surface area contributed by atoms with Gasteiger partial charge in [0.25, 0.3) is 0 Å². The van der Waals surface area contributed by atoms with Crippen LogP contribution in [0.2, 0.25) is 0 Å². The summed E-state index contributed by atoms with van der Waals surface area (Å²) in [5.41, 5.74) is 5.60. The second-order valence-corrected chi connectivity index (χ2v) is 4.38. The molecule has 1 saturated carbocycles. The topological polar surface area (TPSA) is 42.1 Å². The van der Waals surface area contributed by atoms with Crippen molar-refractivity contribution in [1.29, 1.82) is 0 Å². The van der Waals surface area contributed by atoms with Gasteiger partial charge < -0.3 is 10.6 Å². The molecular formula is C10H14BrN3. The summed E-state index contributed by atoms with van der Waals surface area (Å²) < 4.78 is 1.06. The van der Waals surface area contributed by atoms with Crippen molar-refractivity contribution in [2.24, 2.45) is 5.73 Å². The summed E-state index contributed by atoms with van der Waals surface area (Å²) >= 11 is 3.52. The van der Waals surface area contributed by atoms with Gasteiger partial charge in [0, 0.05) is 25.3 Å². The zero-order chi connectivity index (χ0) is 9.97. The van der Waals surface area contributed by atoms with Gasteiger partial charge in [-0.2, -0.15) is 0 Å². The van der Waals surface area contributed by atoms with Gasteiger partial charge >= 0.3 is 0 Å². The van der Waals surface area contributed by atoms with Gasteiger partial charge in [-0.1, -0.05) is 0 Å². The highest BCUT2D eigenvalue weighted by molar-refractivity contribution is 9.10. The van der Waals surface area contributed by atoms with Gasteiger partial charge in [-0.15, -0.1) is 0 Å². The smallest absolute Gasteiger partial charge is 0.143 e. The summed E-state index contributed by atoms with van der Waals surface area (Å²) in [6.07, 6.45) is 4.36. The predicted molar refractivity (Wildman–Crippen MR) is 61.4 cm³/mol. The number of halogens is 1. The molecule has 4 heteroatoms. The van der Waals surface area contributed by atoms with Crippen LogP contribution in [0.1, 0.15) is 12.8 Å². The molecule has 1 aromatic heterocycles. The molecule has 0 radical (unpaired) electrons. The largest absolute Gasteiger partial charge is 0.351 e. The highest BCUT2D eigenvalue weighted by atomic mass is 79.9. The number of nitrogens with zero attached hydrogens (tertiary/aromatic N) is 2. The van der Waals surface area contributed by atoms with Crippen molar-refractivity contribution in [3.05, 3.63) is 22.8 Å². The molecule has 0 amide bonds. The molecule has 76 valence electrons. The van der Waals surface area contributed by atoms with Crippen molar-refractivity contribution in [2.45, 2.75) is 18.9 Å². The van der Waals surface area contributed by atoms with E-state index in [1.54, 1.807) is 0 Å². The highest BCUT2D eigenvalue weighted by Gasteiger charge is 2.30. The molecule has 3 nitrogen and oxygen atoms in total. The number of nitrogens with two attached hydrogens (primary N) is 1. The first-order valence-corrected chi connectivity index (χ1v) is 5.69. The standard InChI is InChI=1S/C10H14BrN3/c11-9-2-1-6-13-10(9)14(7-5-12)8-3-4-8/h1-2,6,8H,3-5,7,12H2. The van der Waals surface area contributed by atoms with E-state index in [-0.39, 0.29) is 0 Å². The number of pyridine rings is 1. The summed E-state index contributed by atoms with van der Waals surface area (Å²) in [4.78, 5) is 6.68. The molecule has 0 atom stereocenters. The molecule has 1 aliphatic rings. The lowest BCUT2D eigenvalue weighted by molar-refractivity contribution is 0.769. The van der Waals surface area contributed by atoms with Gasteiger partial charge in [0.2, 0.25) is 0 Å². The Kier molecular flexibility index (Phi) is 3.03. The molecule has 2 rings (SSSR count). The Balaban J connectivity index is 2.21. The molecule has 14 heavy (non-hydrogen) atoms. The molecule has 2 N–H and O–H groups in total. The van der Waals surface area contributed by atoms with E-state index in [4.69, 9.17) is 5.73 Å². The lowest BCUT2D eigenvalue weighted by Gasteiger charge is -2.23. The van der Waals surface area contributed by atoms with Crippen LogP contribution < -0.4 is 10.6 Å². The fourth-order valence-corrected chi connectivity index (χ4v) is 2.06.